The molecule has 0 unspecified atom stereocenters. The first kappa shape index (κ1) is 72.7. The standard InChI is InChI=1S/C64H64N14O20S5/c1-24(51(65)83)66-52(84)33-21-102-60(71-33)45-38(80)14-29-44(73-45)32-19-100-58(68-32)31-18-95-62(89)47-30-17-93-48(49(98-40-15-64(5,91)50(77(6)7)27(4)97-40)63(90)94-16-28-10-9-11-37(41(28)30)78(47)96-13-12-39(81)82)46(61-72-34(22-103-61)53(85)67-31)76-55(87)36-23-101-59(70-36)43(26(3)92-8)75-56(88)42(25(2)79)74-54(86)35-20-99-57(29)69-35/h9-11,14,19-23,25,27,31,40,42,46,48-50,79-80,91H,1,12-13,15-18H2,2-8H3,(H2,65,83)(H,66,84)(H,67,85)(H,74,86)(H,75,88)(H,76,87)(H,81,82)/b43-26+/t25-,27+,31+,40+,42+,46+,48+,49+,50-,64+/m1/s1. The normalized spacial score (nSPS) is 23.4. The summed E-state index contributed by atoms with van der Waals surface area (Å²) in [5.74, 6) is -9.67. The van der Waals surface area contributed by atoms with Gasteiger partial charge in [0.05, 0.1) is 55.2 Å². The Kier molecular flexibility index (Phi) is 21.0. The third-order valence-electron chi connectivity index (χ3n) is 16.8. The highest BCUT2D eigenvalue weighted by atomic mass is 32.1. The Bertz CT molecular complexity index is 4780. The van der Waals surface area contributed by atoms with Gasteiger partial charge in [0.15, 0.2) is 18.1 Å². The number of nitrogens with zero attached hydrogens (tertiary/aromatic N) is 8. The number of methoxy groups -OCH3 is 1. The van der Waals surface area contributed by atoms with Gasteiger partial charge in [-0.25, -0.2) is 39.5 Å². The molecule has 0 radical (unpaired) electrons. The van der Waals surface area contributed by atoms with Crippen LogP contribution in [0.15, 0.2) is 69.2 Å². The van der Waals surface area contributed by atoms with Crippen molar-refractivity contribution in [3.05, 3.63) is 124 Å². The zero-order valence-electron chi connectivity index (χ0n) is 55.4. The van der Waals surface area contributed by atoms with Crippen molar-refractivity contribution in [2.75, 3.05) is 34.4 Å². The number of thiazole rings is 5. The molecular weight excluding hydrogens is 1450 g/mol. The number of carboxylic acid groups (broad SMARTS) is 1. The number of likely N-dealkylation sites (N-methyl/N-ethyl adjacent to an activating group) is 1. The number of aromatic nitrogens is 7. The van der Waals surface area contributed by atoms with Gasteiger partial charge in [-0.05, 0) is 59.5 Å². The van der Waals surface area contributed by atoms with Gasteiger partial charge in [-0.3, -0.25) is 33.6 Å². The first-order valence-electron chi connectivity index (χ1n) is 31.2. The smallest absolute Gasteiger partial charge is 0.358 e. The summed E-state index contributed by atoms with van der Waals surface area (Å²) in [4.78, 5) is 163. The second-order valence-corrected chi connectivity index (χ2v) is 28.6. The highest BCUT2D eigenvalue weighted by molar-refractivity contribution is 7.14. The molecule has 4 aliphatic heterocycles. The van der Waals surface area contributed by atoms with E-state index in [1.54, 1.807) is 51.0 Å². The van der Waals surface area contributed by atoms with Crippen LogP contribution in [-0.2, 0) is 60.8 Å². The number of allylic oxidation sites excluding steroid dienone is 1. The van der Waals surface area contributed by atoms with E-state index >= 15 is 19.2 Å². The van der Waals surface area contributed by atoms with Crippen LogP contribution >= 0.6 is 56.7 Å². The number of carbonyl (C=O) groups excluding carboxylic acids is 8. The number of esters is 2. The molecule has 0 aliphatic carbocycles. The van der Waals surface area contributed by atoms with Crippen LogP contribution in [0.2, 0.25) is 0 Å². The largest absolute Gasteiger partial charge is 0.506 e. The maximum atomic E-state index is 15.5. The average molecular weight is 1510 g/mol. The van der Waals surface area contributed by atoms with Crippen molar-refractivity contribution in [1.82, 2.24) is 66.1 Å². The average Bonchev–Trinajstić information content (AvgIpc) is 1.63. The molecule has 10 atom stereocenters. The molecule has 1 fully saturated rings. The number of aliphatic hydroxyl groups is 2. The molecule has 7 aromatic heterocycles. The molecule has 39 heteroatoms. The molecule has 1 aromatic carbocycles. The minimum absolute atomic E-state index is 0.0170. The molecule has 8 aromatic rings. The molecule has 11 N–H and O–H groups in total. The molecule has 6 amide bonds. The summed E-state index contributed by atoms with van der Waals surface area (Å²) in [5, 5.41) is 65.1. The van der Waals surface area contributed by atoms with Gasteiger partial charge in [-0.15, -0.1) is 56.7 Å². The number of nitrogens with two attached hydrogens (primary N) is 1. The van der Waals surface area contributed by atoms with E-state index in [-0.39, 0.29) is 116 Å². The number of benzene rings is 1. The van der Waals surface area contributed by atoms with Crippen molar-refractivity contribution in [3.8, 4) is 38.4 Å². The Balaban J connectivity index is 1.06. The molecule has 34 nitrogen and oxygen atoms in total. The zero-order valence-corrected chi connectivity index (χ0v) is 59.4. The second-order valence-electron chi connectivity index (χ2n) is 24.3. The summed E-state index contributed by atoms with van der Waals surface area (Å²) in [6.07, 6.45) is -8.30. The predicted octanol–water partition coefficient (Wildman–Crippen LogP) is 3.56. The van der Waals surface area contributed by atoms with Crippen molar-refractivity contribution in [2.45, 2.75) is 114 Å². The fraction of sp³-hybridized carbons (Fsp3) is 0.359. The second kappa shape index (κ2) is 29.7. The Morgan fingerprint density at radius 2 is 1.53 bits per heavy atom. The van der Waals surface area contributed by atoms with Crippen molar-refractivity contribution in [3.63, 3.8) is 0 Å². The van der Waals surface area contributed by atoms with Crippen LogP contribution in [0.4, 0.5) is 0 Å². The van der Waals surface area contributed by atoms with E-state index in [0.29, 0.717) is 0 Å². The summed E-state index contributed by atoms with van der Waals surface area (Å²) in [7, 11) is 4.81. The highest BCUT2D eigenvalue weighted by Gasteiger charge is 2.50. The van der Waals surface area contributed by atoms with Crippen LogP contribution in [0.5, 0.6) is 5.75 Å². The molecule has 103 heavy (non-hydrogen) atoms. The number of hydrogen-bond donors (Lipinski definition) is 10. The number of carbonyl (C=O) groups is 9. The lowest BCUT2D eigenvalue weighted by Gasteiger charge is -2.48. The summed E-state index contributed by atoms with van der Waals surface area (Å²) in [6, 6.07) is 0.572. The van der Waals surface area contributed by atoms with Crippen LogP contribution in [0.25, 0.3) is 49.3 Å². The van der Waals surface area contributed by atoms with Gasteiger partial charge in [-0.2, -0.15) is 4.73 Å². The van der Waals surface area contributed by atoms with Crippen molar-refractivity contribution >= 4 is 127 Å². The third kappa shape index (κ3) is 15.0. The van der Waals surface area contributed by atoms with Crippen LogP contribution in [0.1, 0.15) is 131 Å². The molecule has 12 rings (SSSR count). The monoisotopic (exact) mass is 1510 g/mol. The maximum Gasteiger partial charge on any atom is 0.358 e. The quantitative estimate of drug-likeness (QED) is 0.0448. The van der Waals surface area contributed by atoms with Crippen LogP contribution in [-0.4, -0.2) is 196 Å². The Morgan fingerprint density at radius 3 is 2.24 bits per heavy atom. The van der Waals surface area contributed by atoms with Gasteiger partial charge in [-0.1, -0.05) is 18.7 Å². The van der Waals surface area contributed by atoms with E-state index in [0.717, 1.165) is 61.4 Å². The van der Waals surface area contributed by atoms with Crippen LogP contribution in [0.3, 0.4) is 0 Å². The van der Waals surface area contributed by atoms with E-state index in [9.17, 15) is 44.4 Å². The predicted molar refractivity (Wildman–Crippen MR) is 367 cm³/mol. The molecule has 540 valence electrons. The summed E-state index contributed by atoms with van der Waals surface area (Å²) >= 11 is 4.39. The van der Waals surface area contributed by atoms with E-state index in [4.69, 9.17) is 53.9 Å². The lowest BCUT2D eigenvalue weighted by atomic mass is 9.85. The van der Waals surface area contributed by atoms with Crippen molar-refractivity contribution < 1.29 is 96.8 Å². The number of rotatable bonds is 13. The molecule has 4 aliphatic rings. The molecule has 12 bridgehead atoms. The minimum atomic E-state index is -1.96. The number of ether oxygens (including phenoxy) is 6. The zero-order chi connectivity index (χ0) is 73.6. The number of fused-ring (bicyclic) bond motifs is 15. The molecule has 0 saturated carbocycles. The lowest BCUT2D eigenvalue weighted by molar-refractivity contribution is -0.280. The molecule has 0 spiro atoms. The van der Waals surface area contributed by atoms with Gasteiger partial charge in [0.1, 0.15) is 126 Å². The van der Waals surface area contributed by atoms with E-state index in [1.807, 2.05) is 0 Å². The van der Waals surface area contributed by atoms with Crippen LogP contribution < -0.4 is 37.2 Å². The summed E-state index contributed by atoms with van der Waals surface area (Å²) in [6.45, 7) is 7.04. The topological polar surface area (TPSA) is 471 Å². The third-order valence-corrected chi connectivity index (χ3v) is 21.3. The number of aliphatic carboxylic acids is 1. The summed E-state index contributed by atoms with van der Waals surface area (Å²) in [5.41, 5.74) is 2.01. The van der Waals surface area contributed by atoms with Crippen LogP contribution in [0, 0.1) is 0 Å². The molecule has 11 heterocycles. The first-order valence-corrected chi connectivity index (χ1v) is 35.6. The number of cyclic esters (lactones) is 2. The number of aromatic hydroxyl groups is 1. The maximum absolute atomic E-state index is 15.5. The SMILES string of the molecule is C=C(NC(=O)c1csc(-c2nc3c(cc2O)-c2nc(cs2)C(=O)N[C@@H]([C@@H](C)O)C(=O)N/C(=C(\C)OC)c2nc(cs2)C(=O)N[C@@H]2c4nc(cs4)C(=O)N[C@@H](COC(=O)c4c5c6c(cccc6n4OCCC(=O)O)COC(=O)[C@@H](O[C@H]4C[C@](C)(O)[C@H](N(C)C)[C@H](C)O4)[C@H]2OC5)c2nc-3cs2)n1)C(N)=O. The van der Waals surface area contributed by atoms with Gasteiger partial charge in [0.2, 0.25) is 5.91 Å². The van der Waals surface area contributed by atoms with Gasteiger partial charge in [0, 0.05) is 49.8 Å². The number of pyridine rings is 1. The molecule has 1 saturated heterocycles. The minimum Gasteiger partial charge on any atom is -0.506 e. The number of amides is 6. The van der Waals surface area contributed by atoms with E-state index < -0.39 is 158 Å². The Hall–Kier alpha value is -10.1. The Labute approximate surface area is 602 Å². The number of carboxylic acids is 1. The Morgan fingerprint density at radius 1 is 0.864 bits per heavy atom. The van der Waals surface area contributed by atoms with E-state index in [2.05, 4.69) is 48.1 Å². The number of nitrogens with one attached hydrogen (secondary N) is 5. The summed E-state index contributed by atoms with van der Waals surface area (Å²) < 4.78 is 39.1. The number of aliphatic hydroxyl groups excluding tert-OH is 1. The fourth-order valence-electron chi connectivity index (χ4n) is 12.1. The molecular formula is C64H64N14O20S5. The van der Waals surface area contributed by atoms with Crippen molar-refractivity contribution in [1.29, 1.82) is 0 Å². The fourth-order valence-corrected chi connectivity index (χ4v) is 16.3. The highest BCUT2D eigenvalue weighted by Crippen LogP contribution is 2.43. The lowest BCUT2D eigenvalue weighted by Crippen LogP contribution is -2.62. The van der Waals surface area contributed by atoms with Gasteiger partial charge < -0.3 is 90.9 Å². The van der Waals surface area contributed by atoms with Gasteiger partial charge >= 0.3 is 17.9 Å². The van der Waals surface area contributed by atoms with Crippen molar-refractivity contribution in [2.24, 2.45) is 5.73 Å². The first-order chi connectivity index (χ1) is 49.1. The number of primary amides is 1. The van der Waals surface area contributed by atoms with E-state index in [1.165, 1.54) is 53.9 Å². The number of hydrogen-bond acceptors (Lipinski definition) is 31. The van der Waals surface area contributed by atoms with Gasteiger partial charge in [0.25, 0.3) is 29.5 Å².